The topological polar surface area (TPSA) is 323 Å². The van der Waals surface area contributed by atoms with E-state index in [4.69, 9.17) is 79.4 Å². The van der Waals surface area contributed by atoms with E-state index in [-0.39, 0.29) is 18.4 Å². The Morgan fingerprint density at radius 2 is 0.662 bits per heavy atom. The Hall–Kier alpha value is -15.9. The quantitative estimate of drug-likeness (QED) is 0.0272. The van der Waals surface area contributed by atoms with Crippen LogP contribution in [0.2, 0.25) is 0 Å². The van der Waals surface area contributed by atoms with Gasteiger partial charge in [-0.15, -0.1) is 11.6 Å². The van der Waals surface area contributed by atoms with Gasteiger partial charge in [-0.05, 0) is 212 Å². The molecule has 2 saturated heterocycles. The van der Waals surface area contributed by atoms with Gasteiger partial charge in [-0.3, -0.25) is 53.2 Å². The monoisotopic (exact) mass is 2010 g/mol. The number of benzene rings is 9. The Morgan fingerprint density at radius 1 is 0.331 bits per heavy atom. The number of rotatable bonds is 36. The van der Waals surface area contributed by atoms with Crippen molar-refractivity contribution in [3.63, 3.8) is 0 Å². The summed E-state index contributed by atoms with van der Waals surface area (Å²) in [6, 6.07) is 55.6. The number of hydrogen-bond acceptors (Lipinski definition) is 28. The first-order valence-electron chi connectivity index (χ1n) is 50.6. The van der Waals surface area contributed by atoms with Crippen LogP contribution < -0.4 is 68.1 Å². The van der Waals surface area contributed by atoms with Crippen LogP contribution in [0.15, 0.2) is 244 Å². The lowest BCUT2D eigenvalue weighted by Crippen LogP contribution is -2.36. The lowest BCUT2D eigenvalue weighted by atomic mass is 9.95. The van der Waals surface area contributed by atoms with Gasteiger partial charge >= 0.3 is 0 Å². The number of fused-ring (bicyclic) bond motifs is 5. The van der Waals surface area contributed by atoms with Crippen LogP contribution in [0.3, 0.4) is 0 Å². The first-order chi connectivity index (χ1) is 72.5. The van der Waals surface area contributed by atoms with Crippen LogP contribution in [0.4, 0.5) is 45.5 Å². The van der Waals surface area contributed by atoms with Gasteiger partial charge in [0, 0.05) is 224 Å². The number of carbonyl (C=O) groups is 2. The minimum absolute atomic E-state index is 0.172. The summed E-state index contributed by atoms with van der Waals surface area (Å²) in [5.41, 5.74) is 22.4. The molecule has 3 aliphatic heterocycles. The second kappa shape index (κ2) is 45.8. The van der Waals surface area contributed by atoms with Crippen molar-refractivity contribution < 1.29 is 47.5 Å². The predicted molar refractivity (Wildman–Crippen MR) is 577 cm³/mol. The molecule has 23 rings (SSSR count). The molecule has 0 spiro atoms. The maximum Gasteiger partial charge on any atom is 0.261 e. The fourth-order valence-corrected chi connectivity index (χ4v) is 19.2. The molecular formula is C114H122ClN23O10. The summed E-state index contributed by atoms with van der Waals surface area (Å²) in [5.74, 6) is 8.74. The Kier molecular flexibility index (Phi) is 30.8. The molecule has 2 amide bonds. The second-order valence-electron chi connectivity index (χ2n) is 38.2. The molecule has 33 nitrogen and oxygen atoms in total. The van der Waals surface area contributed by atoms with Crippen LogP contribution in [0.5, 0.6) is 46.0 Å². The molecule has 8 aromatic heterocycles. The van der Waals surface area contributed by atoms with Crippen LogP contribution in [0.25, 0.3) is 89.2 Å². The number of alkyl halides is 1. The van der Waals surface area contributed by atoms with E-state index in [1.807, 2.05) is 131 Å². The molecular weight excluding hydrogens is 1890 g/mol. The molecule has 9 aromatic carbocycles. The van der Waals surface area contributed by atoms with Gasteiger partial charge < -0.3 is 68.1 Å². The molecule has 0 atom stereocenters. The fourth-order valence-electron chi connectivity index (χ4n) is 19.1. The molecule has 0 unspecified atom stereocenters. The zero-order valence-electron chi connectivity index (χ0n) is 84.8. The van der Waals surface area contributed by atoms with Crippen molar-refractivity contribution in [3.05, 3.63) is 255 Å². The predicted octanol–water partition coefficient (Wildman–Crippen LogP) is 20.6. The molecule has 2 N–H and O–H groups in total. The maximum atomic E-state index is 13.1. The average molecular weight is 2010 g/mol. The van der Waals surface area contributed by atoms with Crippen LogP contribution in [-0.4, -0.2) is 217 Å². The number of nitrogens with one attached hydrogen (secondary N) is 2. The number of nitrogens with zero attached hydrogens (tertiary/aromatic N) is 21. The molecule has 0 bridgehead atoms. The van der Waals surface area contributed by atoms with Gasteiger partial charge in [-0.1, -0.05) is 12.1 Å². The minimum atomic E-state index is -0.297. The number of halogens is 1. The van der Waals surface area contributed by atoms with Gasteiger partial charge in [0.05, 0.1) is 191 Å². The SMILES string of the molecule is COc1cc(OC)cc(N(CC2CC2)c2ccc3ncc(-c4cnn(C5CCNCC5)c4)nc3c2)c1.COc1cc(OC)cc(N(CC2CC2)c2ccc3ncc(-c4cnn(CCC5CCNCC5)c4)nc3c2)c1.COc1cc(OC)cc(N(CC2CC2)c2ccc3ncc(-c4cnn(CCCCl)c4)nc3c2)c1.COc1cc(OC)cc(N(CCN2C(=O)c3ccccc3C2=O)c2ccc3ncc(-c4cnn(C)c4)nc3c2)c1. The van der Waals surface area contributed by atoms with Gasteiger partial charge in [-0.25, -0.2) is 19.9 Å². The molecule has 6 aliphatic rings. The smallest absolute Gasteiger partial charge is 0.261 e. The highest BCUT2D eigenvalue weighted by Crippen LogP contribution is 2.45. The second-order valence-corrected chi connectivity index (χ2v) is 38.6. The summed E-state index contributed by atoms with van der Waals surface area (Å²) in [4.78, 5) is 74.9. The van der Waals surface area contributed by atoms with Gasteiger partial charge in [0.2, 0.25) is 0 Å². The number of amides is 2. The largest absolute Gasteiger partial charge is 0.497 e. The minimum Gasteiger partial charge on any atom is -0.497 e. The van der Waals surface area contributed by atoms with Crippen molar-refractivity contribution in [1.29, 1.82) is 0 Å². The van der Waals surface area contributed by atoms with Crippen molar-refractivity contribution in [2.45, 2.75) is 96.2 Å². The summed E-state index contributed by atoms with van der Waals surface area (Å²) < 4.78 is 52.0. The zero-order chi connectivity index (χ0) is 102. The average Bonchev–Trinajstić information content (AvgIpc) is 1.71. The highest BCUT2D eigenvalue weighted by molar-refractivity contribution is 6.21. The van der Waals surface area contributed by atoms with Crippen LogP contribution in [0.1, 0.15) is 104 Å². The van der Waals surface area contributed by atoms with E-state index in [1.54, 1.807) is 110 Å². The standard InChI is InChI=1S/C30H26N6O4.C30H36N6O2.C28H32N6O2.C26H28ClN5O2/c1-34-18-19(16-32-34)28-17-31-26-9-8-20(14-27(26)33-28)35(21-12-22(39-2)15-23(13-21)40-3)10-11-36-29(37)24-6-4-5-7-25(24)30(36)38;1-37-26-13-25(14-27(16-26)38-2)36(19-22-3-4-22)24-5-6-28-29(15-24)34-30(18-32-28)23-17-33-35(20-23)12-9-21-7-10-31-11-8-21;1-35-24-11-23(12-25(14-24)36-2)33(17-19-3-4-19)22-5-6-26-27(13-22)32-28(16-30-26)20-15-31-34(18-20)21-7-9-29-10-8-21;1-33-22-10-21(11-23(13-22)34-2)32(16-18-4-5-18)20-6-7-24-25(12-20)30-26(15-28-24)19-14-29-31(17-19)9-3-8-27/h4-9,12-18H,10-11H2,1-3H3;5-6,13-18,20-22,31H,3-4,7-12,19H2,1-2H3;5-6,11-16,18-19,21,29H,3-4,7-10,17H2,1-2H3;6-7,10-15,17-18H,3-5,8-9,16H2,1-2H3. The lowest BCUT2D eigenvalue weighted by molar-refractivity contribution is 0.0658. The molecule has 3 saturated carbocycles. The Bertz CT molecular complexity index is 7440. The molecule has 760 valence electrons. The third-order valence-corrected chi connectivity index (χ3v) is 28.2. The lowest BCUT2D eigenvalue weighted by Gasteiger charge is -2.28. The Labute approximate surface area is 864 Å². The molecule has 148 heavy (non-hydrogen) atoms. The molecule has 17 aromatic rings. The summed E-state index contributed by atoms with van der Waals surface area (Å²) in [7, 11) is 15.1. The van der Waals surface area contributed by atoms with E-state index >= 15 is 0 Å². The zero-order valence-corrected chi connectivity index (χ0v) is 85.6. The summed E-state index contributed by atoms with van der Waals surface area (Å²) in [6.07, 6.45) is 37.0. The number of aromatic nitrogens is 16. The van der Waals surface area contributed by atoms with Gasteiger partial charge in [-0.2, -0.15) is 20.4 Å². The number of aryl methyl sites for hydroxylation is 3. The number of carbonyl (C=O) groups excluding carboxylic acids is 2. The van der Waals surface area contributed by atoms with Crippen molar-refractivity contribution in [3.8, 4) is 91.0 Å². The van der Waals surface area contributed by atoms with Crippen LogP contribution in [-0.2, 0) is 20.1 Å². The van der Waals surface area contributed by atoms with Crippen molar-refractivity contribution in [1.82, 2.24) is 94.5 Å². The fraction of sp³-hybridized carbons (Fsp3) is 0.333. The first kappa shape index (κ1) is 99.5. The normalized spacial score (nSPS) is 14.5. The van der Waals surface area contributed by atoms with E-state index in [2.05, 4.69) is 146 Å². The van der Waals surface area contributed by atoms with Crippen LogP contribution in [0, 0.1) is 23.7 Å². The van der Waals surface area contributed by atoms with Crippen LogP contribution >= 0.6 is 11.6 Å². The number of ether oxygens (including phenoxy) is 8. The number of imide groups is 1. The Morgan fingerprint density at radius 3 is 1.01 bits per heavy atom. The molecule has 34 heteroatoms. The van der Waals surface area contributed by atoms with E-state index in [1.165, 1.54) is 62.7 Å². The first-order valence-corrected chi connectivity index (χ1v) is 51.1. The third-order valence-electron chi connectivity index (χ3n) is 28.0. The maximum absolute atomic E-state index is 13.1. The van der Waals surface area contributed by atoms with Crippen molar-refractivity contribution >= 4 is 113 Å². The van der Waals surface area contributed by atoms with Crippen molar-refractivity contribution in [2.75, 3.05) is 141 Å². The highest BCUT2D eigenvalue weighted by atomic mass is 35.5. The molecule has 3 aliphatic carbocycles. The summed E-state index contributed by atoms with van der Waals surface area (Å²) >= 11 is 5.81. The van der Waals surface area contributed by atoms with E-state index in [0.29, 0.717) is 70.1 Å². The summed E-state index contributed by atoms with van der Waals surface area (Å²) in [5, 5.41) is 24.8. The van der Waals surface area contributed by atoms with E-state index in [0.717, 1.165) is 242 Å². The molecule has 5 fully saturated rings. The van der Waals surface area contributed by atoms with E-state index in [9.17, 15) is 9.59 Å². The Balaban J connectivity index is 0.000000120. The number of methoxy groups -OCH3 is 8. The van der Waals surface area contributed by atoms with Gasteiger partial charge in [0.1, 0.15) is 46.0 Å². The highest BCUT2D eigenvalue weighted by Gasteiger charge is 2.37. The van der Waals surface area contributed by atoms with Crippen molar-refractivity contribution in [2.24, 2.45) is 30.7 Å². The van der Waals surface area contributed by atoms with Gasteiger partial charge in [0.15, 0.2) is 0 Å². The molecule has 0 radical (unpaired) electrons. The van der Waals surface area contributed by atoms with E-state index < -0.39 is 0 Å². The number of anilines is 8. The molecule has 11 heterocycles. The third kappa shape index (κ3) is 23.8. The number of hydrogen-bond donors (Lipinski definition) is 2. The van der Waals surface area contributed by atoms with Gasteiger partial charge in [0.25, 0.3) is 11.8 Å². The number of piperidine rings is 2. The summed E-state index contributed by atoms with van der Waals surface area (Å²) in [6.45, 7) is 9.38.